The zero-order chi connectivity index (χ0) is 13.9. The van der Waals surface area contributed by atoms with Crippen LogP contribution in [0, 0.1) is 0 Å². The molecule has 0 radical (unpaired) electrons. The van der Waals surface area contributed by atoms with Crippen LogP contribution in [0.25, 0.3) is 0 Å². The van der Waals surface area contributed by atoms with E-state index in [0.717, 1.165) is 13.0 Å². The fourth-order valence-corrected chi connectivity index (χ4v) is 1.85. The minimum absolute atomic E-state index is 1.05. The summed E-state index contributed by atoms with van der Waals surface area (Å²) in [6.45, 7) is 8.51. The Bertz CT molecular complexity index is 408. The number of benzene rings is 2. The monoisotopic (exact) mass is 253 g/mol. The molecular formula is C18H23N. The lowest BCUT2D eigenvalue weighted by atomic mass is 10.2. The highest BCUT2D eigenvalue weighted by atomic mass is 15.1. The van der Waals surface area contributed by atoms with Crippen molar-refractivity contribution in [1.29, 1.82) is 0 Å². The highest BCUT2D eigenvalue weighted by molar-refractivity contribution is 5.62. The fourth-order valence-electron chi connectivity index (χ4n) is 1.85. The van der Waals surface area contributed by atoms with E-state index >= 15 is 0 Å². The van der Waals surface area contributed by atoms with Crippen molar-refractivity contribution in [3.05, 3.63) is 73.3 Å². The number of hydrogen-bond acceptors (Lipinski definition) is 1. The number of para-hydroxylation sites is 2. The van der Waals surface area contributed by atoms with Gasteiger partial charge in [0, 0.05) is 17.9 Å². The van der Waals surface area contributed by atoms with E-state index in [-0.39, 0.29) is 0 Å². The topological polar surface area (TPSA) is 3.24 Å². The van der Waals surface area contributed by atoms with E-state index in [2.05, 4.69) is 79.1 Å². The summed E-state index contributed by atoms with van der Waals surface area (Å²) in [4.78, 5) is 2.35. The van der Waals surface area contributed by atoms with Gasteiger partial charge in [-0.2, -0.15) is 0 Å². The quantitative estimate of drug-likeness (QED) is 0.657. The first-order valence-electron chi connectivity index (χ1n) is 6.78. The first-order valence-corrected chi connectivity index (χ1v) is 6.78. The molecule has 2 aromatic rings. The Morgan fingerprint density at radius 1 is 0.895 bits per heavy atom. The molecule has 0 aliphatic carbocycles. The van der Waals surface area contributed by atoms with Gasteiger partial charge in [-0.1, -0.05) is 49.4 Å². The molecule has 0 unspecified atom stereocenters. The lowest BCUT2D eigenvalue weighted by Crippen LogP contribution is -2.17. The summed E-state index contributed by atoms with van der Waals surface area (Å²) in [7, 11) is 0. The molecule has 0 heterocycles. The third kappa shape index (κ3) is 5.01. The number of hydrogen-bond donors (Lipinski definition) is 0. The van der Waals surface area contributed by atoms with E-state index in [4.69, 9.17) is 0 Å². The van der Waals surface area contributed by atoms with Gasteiger partial charge in [-0.3, -0.25) is 0 Å². The largest absolute Gasteiger partial charge is 0.342 e. The van der Waals surface area contributed by atoms with Gasteiger partial charge in [-0.25, -0.2) is 0 Å². The molecule has 100 valence electrons. The van der Waals surface area contributed by atoms with Gasteiger partial charge in [0.25, 0.3) is 0 Å². The Balaban J connectivity index is 0.000000550. The summed E-state index contributed by atoms with van der Waals surface area (Å²) in [5.74, 6) is 0. The van der Waals surface area contributed by atoms with Crippen molar-refractivity contribution < 1.29 is 0 Å². The van der Waals surface area contributed by atoms with E-state index in [1.165, 1.54) is 11.4 Å². The van der Waals surface area contributed by atoms with Crippen LogP contribution < -0.4 is 4.90 Å². The third-order valence-electron chi connectivity index (χ3n) is 2.58. The summed E-state index contributed by atoms with van der Waals surface area (Å²) in [5.41, 5.74) is 2.52. The van der Waals surface area contributed by atoms with E-state index in [9.17, 15) is 0 Å². The summed E-state index contributed by atoms with van der Waals surface area (Å²) >= 11 is 0. The average molecular weight is 253 g/mol. The summed E-state index contributed by atoms with van der Waals surface area (Å²) in [6.07, 6.45) is 2.89. The summed E-state index contributed by atoms with van der Waals surface area (Å²) in [5, 5.41) is 0. The second-order valence-corrected chi connectivity index (χ2v) is 4.23. The molecule has 0 fully saturated rings. The Hall–Kier alpha value is -2.02. The number of nitrogens with zero attached hydrogens (tertiary/aromatic N) is 1. The van der Waals surface area contributed by atoms with Crippen molar-refractivity contribution in [3.63, 3.8) is 0 Å². The van der Waals surface area contributed by atoms with Crippen molar-refractivity contribution in [1.82, 2.24) is 0 Å². The average Bonchev–Trinajstić information content (AvgIpc) is 2.47. The van der Waals surface area contributed by atoms with Crippen LogP contribution in [-0.4, -0.2) is 6.54 Å². The smallest absolute Gasteiger partial charge is 0.0410 e. The molecule has 1 nitrogen and oxygen atoms in total. The van der Waals surface area contributed by atoms with Crippen LogP contribution in [-0.2, 0) is 0 Å². The van der Waals surface area contributed by atoms with Gasteiger partial charge in [0.2, 0.25) is 0 Å². The first kappa shape index (κ1) is 15.0. The molecule has 1 heteroatoms. The van der Waals surface area contributed by atoms with Gasteiger partial charge >= 0.3 is 0 Å². The first-order chi connectivity index (χ1) is 9.33. The molecule has 0 spiro atoms. The van der Waals surface area contributed by atoms with E-state index < -0.39 is 0 Å². The molecule has 0 aliphatic heterocycles. The van der Waals surface area contributed by atoms with Gasteiger partial charge in [0.05, 0.1) is 0 Å². The van der Waals surface area contributed by atoms with Gasteiger partial charge in [0.15, 0.2) is 0 Å². The molecular weight excluding hydrogens is 230 g/mol. The Morgan fingerprint density at radius 3 is 1.58 bits per heavy atom. The van der Waals surface area contributed by atoms with E-state index in [1.54, 1.807) is 6.08 Å². The second-order valence-electron chi connectivity index (χ2n) is 4.23. The molecule has 0 saturated carbocycles. The Morgan fingerprint density at radius 2 is 1.26 bits per heavy atom. The summed E-state index contributed by atoms with van der Waals surface area (Å²) < 4.78 is 0. The van der Waals surface area contributed by atoms with E-state index in [0.29, 0.717) is 0 Å². The van der Waals surface area contributed by atoms with Crippen molar-refractivity contribution in [2.75, 3.05) is 11.4 Å². The maximum Gasteiger partial charge on any atom is 0.0410 e. The molecule has 0 amide bonds. The fraction of sp³-hybridized carbons (Fsp3) is 0.222. The Labute approximate surface area is 117 Å². The zero-order valence-electron chi connectivity index (χ0n) is 11.9. The van der Waals surface area contributed by atoms with Gasteiger partial charge in [0.1, 0.15) is 0 Å². The Kier molecular flexibility index (Phi) is 7.11. The minimum Gasteiger partial charge on any atom is -0.342 e. The zero-order valence-corrected chi connectivity index (χ0v) is 11.9. The number of allylic oxidation sites excluding steroid dienone is 1. The molecule has 2 aromatic carbocycles. The van der Waals surface area contributed by atoms with Crippen molar-refractivity contribution in [2.24, 2.45) is 0 Å². The second kappa shape index (κ2) is 8.98. The number of rotatable bonds is 4. The van der Waals surface area contributed by atoms with Crippen LogP contribution in [0.5, 0.6) is 0 Å². The van der Waals surface area contributed by atoms with Crippen LogP contribution >= 0.6 is 0 Å². The van der Waals surface area contributed by atoms with E-state index in [1.807, 2.05) is 6.92 Å². The van der Waals surface area contributed by atoms with Gasteiger partial charge < -0.3 is 4.90 Å². The molecule has 0 aromatic heterocycles. The highest BCUT2D eigenvalue weighted by Gasteiger charge is 2.06. The standard InChI is InChI=1S/C15H17N.C3H6/c1-2-13-16(14-9-5-3-6-10-14)15-11-7-4-8-12-15;1-3-2/h3-12H,2,13H2,1H3;3H,1H2,2H3. The SMILES string of the molecule is C=CC.CCCN(c1ccccc1)c1ccccc1. The van der Waals surface area contributed by atoms with Gasteiger partial charge in [-0.15, -0.1) is 6.58 Å². The van der Waals surface area contributed by atoms with Crippen LogP contribution in [0.15, 0.2) is 73.3 Å². The lowest BCUT2D eigenvalue weighted by molar-refractivity contribution is 0.886. The molecule has 2 rings (SSSR count). The molecule has 0 saturated heterocycles. The van der Waals surface area contributed by atoms with Crippen LogP contribution in [0.4, 0.5) is 11.4 Å². The molecule has 0 N–H and O–H groups in total. The predicted octanol–water partition coefficient (Wildman–Crippen LogP) is 5.43. The molecule has 0 atom stereocenters. The van der Waals surface area contributed by atoms with Crippen molar-refractivity contribution in [2.45, 2.75) is 20.3 Å². The maximum atomic E-state index is 3.36. The molecule has 0 bridgehead atoms. The van der Waals surface area contributed by atoms with Gasteiger partial charge in [-0.05, 0) is 37.6 Å². The minimum atomic E-state index is 1.05. The van der Waals surface area contributed by atoms with Crippen LogP contribution in [0.3, 0.4) is 0 Å². The normalized spacial score (nSPS) is 9.16. The van der Waals surface area contributed by atoms with Crippen molar-refractivity contribution >= 4 is 11.4 Å². The maximum absolute atomic E-state index is 3.36. The van der Waals surface area contributed by atoms with Crippen molar-refractivity contribution in [3.8, 4) is 0 Å². The summed E-state index contributed by atoms with van der Waals surface area (Å²) in [6, 6.07) is 21.1. The van der Waals surface area contributed by atoms with Crippen LogP contribution in [0.2, 0.25) is 0 Å². The third-order valence-corrected chi connectivity index (χ3v) is 2.58. The highest BCUT2D eigenvalue weighted by Crippen LogP contribution is 2.24. The van der Waals surface area contributed by atoms with Crippen LogP contribution in [0.1, 0.15) is 20.3 Å². The number of anilines is 2. The molecule has 0 aliphatic rings. The lowest BCUT2D eigenvalue weighted by Gasteiger charge is -2.24. The molecule has 19 heavy (non-hydrogen) atoms. The predicted molar refractivity (Wildman–Crippen MR) is 86.1 cm³/mol.